The van der Waals surface area contributed by atoms with E-state index in [9.17, 15) is 4.55 Å². The van der Waals surface area contributed by atoms with E-state index in [2.05, 4.69) is 25.3 Å². The van der Waals surface area contributed by atoms with Gasteiger partial charge < -0.3 is 4.55 Å². The predicted octanol–water partition coefficient (Wildman–Crippen LogP) is 2.73. The van der Waals surface area contributed by atoms with Crippen molar-refractivity contribution in [2.45, 2.75) is 25.5 Å². The molecule has 0 fully saturated rings. The van der Waals surface area contributed by atoms with Crippen LogP contribution in [0.1, 0.15) is 26.5 Å². The highest BCUT2D eigenvalue weighted by Crippen LogP contribution is 2.17. The molecule has 0 saturated heterocycles. The molecular weight excluding hydrogens is 276 g/mol. The second-order valence-electron chi connectivity index (χ2n) is 3.97. The first-order chi connectivity index (χ1) is 6.91. The van der Waals surface area contributed by atoms with Crippen LogP contribution < -0.4 is 0 Å². The molecule has 1 rings (SSSR count). The van der Waals surface area contributed by atoms with Crippen LogP contribution >= 0.6 is 15.9 Å². The molecule has 0 aromatic carbocycles. The summed E-state index contributed by atoms with van der Waals surface area (Å²) in [5.74, 6) is 0. The lowest BCUT2D eigenvalue weighted by Crippen LogP contribution is -2.25. The summed E-state index contributed by atoms with van der Waals surface area (Å²) in [5.41, 5.74) is 0.690. The van der Waals surface area contributed by atoms with Gasteiger partial charge in [-0.05, 0) is 48.8 Å². The third-order valence-electron chi connectivity index (χ3n) is 1.58. The number of aromatic nitrogens is 1. The quantitative estimate of drug-likeness (QED) is 0.621. The highest BCUT2D eigenvalue weighted by atomic mass is 79.9. The van der Waals surface area contributed by atoms with E-state index in [0.29, 0.717) is 5.69 Å². The van der Waals surface area contributed by atoms with Gasteiger partial charge in [0.1, 0.15) is 22.3 Å². The Morgan fingerprint density at radius 2 is 2.20 bits per heavy atom. The topological polar surface area (TPSA) is 48.3 Å². The molecule has 5 heteroatoms. The summed E-state index contributed by atoms with van der Waals surface area (Å²) in [5, 5.41) is 0. The molecule has 0 bridgehead atoms. The van der Waals surface area contributed by atoms with E-state index in [4.69, 9.17) is 0 Å². The number of halogens is 1. The number of hydrogen-bond donors (Lipinski definition) is 0. The van der Waals surface area contributed by atoms with Crippen LogP contribution in [0, 0.1) is 0 Å². The van der Waals surface area contributed by atoms with Crippen LogP contribution in [0.2, 0.25) is 0 Å². The number of pyridine rings is 1. The van der Waals surface area contributed by atoms with Crippen molar-refractivity contribution in [1.82, 2.24) is 4.98 Å². The molecule has 1 aromatic heterocycles. The van der Waals surface area contributed by atoms with Crippen LogP contribution in [0.25, 0.3) is 0 Å². The van der Waals surface area contributed by atoms with E-state index in [1.54, 1.807) is 6.20 Å². The van der Waals surface area contributed by atoms with Gasteiger partial charge in [-0.25, -0.2) is 0 Å². The van der Waals surface area contributed by atoms with Gasteiger partial charge in [0.05, 0.1) is 5.69 Å². The van der Waals surface area contributed by atoms with Crippen LogP contribution in [-0.2, 0) is 11.4 Å². The Morgan fingerprint density at radius 1 is 1.53 bits per heavy atom. The van der Waals surface area contributed by atoms with Gasteiger partial charge in [0.25, 0.3) is 0 Å². The van der Waals surface area contributed by atoms with Crippen LogP contribution in [0.4, 0.5) is 0 Å². The summed E-state index contributed by atoms with van der Waals surface area (Å²) in [4.78, 5) is 4.10. The fraction of sp³-hybridized carbons (Fsp3) is 0.400. The Bertz CT molecular complexity index is 363. The van der Waals surface area contributed by atoms with Gasteiger partial charge in [0.2, 0.25) is 0 Å². The second-order valence-corrected chi connectivity index (χ2v) is 6.75. The first-order valence-corrected chi connectivity index (χ1v) is 6.38. The molecule has 0 unspecified atom stereocenters. The second kappa shape index (κ2) is 5.09. The minimum atomic E-state index is -1.24. The number of nitrogens with zero attached hydrogens (tertiary/aromatic N) is 2. The Morgan fingerprint density at radius 3 is 2.73 bits per heavy atom. The molecule has 1 atom stereocenters. The van der Waals surface area contributed by atoms with Crippen LogP contribution in [0.3, 0.4) is 0 Å². The zero-order valence-corrected chi connectivity index (χ0v) is 11.3. The van der Waals surface area contributed by atoms with Gasteiger partial charge in [-0.1, -0.05) is 4.40 Å². The predicted molar refractivity (Wildman–Crippen MR) is 67.4 cm³/mol. The Labute approximate surface area is 101 Å². The Kier molecular flexibility index (Phi) is 4.31. The standard InChI is InChI=1S/C10H13BrN2OS/c1-10(2,3)15(14)13-7-9-8(11)5-4-6-12-9/h4-7H,1-3H3/t15-/m0/s1. The maximum Gasteiger partial charge on any atom is 0.144 e. The highest BCUT2D eigenvalue weighted by molar-refractivity contribution is 9.10. The van der Waals surface area contributed by atoms with Crippen molar-refractivity contribution in [3.63, 3.8) is 0 Å². The molecule has 0 radical (unpaired) electrons. The smallest absolute Gasteiger partial charge is 0.144 e. The average Bonchev–Trinajstić information content (AvgIpc) is 2.14. The molecular formula is C10H13BrN2OS. The molecule has 82 valence electrons. The summed E-state index contributed by atoms with van der Waals surface area (Å²) in [6.45, 7) is 5.65. The first-order valence-electron chi connectivity index (χ1n) is 4.48. The van der Waals surface area contributed by atoms with Gasteiger partial charge in [-0.3, -0.25) is 4.98 Å². The summed E-state index contributed by atoms with van der Waals surface area (Å²) < 4.78 is 16.1. The summed E-state index contributed by atoms with van der Waals surface area (Å²) in [6, 6.07) is 3.69. The lowest BCUT2D eigenvalue weighted by atomic mass is 10.3. The Hall–Kier alpha value is -0.390. The third-order valence-corrected chi connectivity index (χ3v) is 3.60. The molecule has 0 saturated carbocycles. The first kappa shape index (κ1) is 12.7. The molecule has 0 N–H and O–H groups in total. The van der Waals surface area contributed by atoms with Crippen molar-refractivity contribution >= 4 is 33.5 Å². The van der Waals surface area contributed by atoms with E-state index in [1.807, 2.05) is 32.9 Å². The van der Waals surface area contributed by atoms with Crippen molar-refractivity contribution in [3.05, 3.63) is 28.5 Å². The van der Waals surface area contributed by atoms with E-state index in [-0.39, 0.29) is 4.75 Å². The van der Waals surface area contributed by atoms with Crippen molar-refractivity contribution < 1.29 is 4.55 Å². The van der Waals surface area contributed by atoms with E-state index in [1.165, 1.54) is 6.21 Å². The maximum atomic E-state index is 11.6. The van der Waals surface area contributed by atoms with E-state index < -0.39 is 11.4 Å². The number of hydrogen-bond acceptors (Lipinski definition) is 3. The fourth-order valence-electron chi connectivity index (χ4n) is 0.749. The van der Waals surface area contributed by atoms with Crippen LogP contribution in [-0.4, -0.2) is 20.5 Å². The molecule has 0 aliphatic rings. The van der Waals surface area contributed by atoms with Crippen molar-refractivity contribution in [1.29, 1.82) is 0 Å². The fourth-order valence-corrected chi connectivity index (χ4v) is 1.62. The molecule has 0 spiro atoms. The van der Waals surface area contributed by atoms with Gasteiger partial charge >= 0.3 is 0 Å². The van der Waals surface area contributed by atoms with Gasteiger partial charge in [-0.2, -0.15) is 0 Å². The normalized spacial score (nSPS) is 14.5. The SMILES string of the molecule is CC(C)(C)[S@+]([O-])N=Cc1ncccc1Br. The molecule has 1 heterocycles. The van der Waals surface area contributed by atoms with Gasteiger partial charge in [0.15, 0.2) is 0 Å². The number of rotatable bonds is 2. The summed E-state index contributed by atoms with van der Waals surface area (Å²) in [7, 11) is 0. The monoisotopic (exact) mass is 288 g/mol. The molecule has 0 aliphatic heterocycles. The van der Waals surface area contributed by atoms with Crippen LogP contribution in [0.5, 0.6) is 0 Å². The molecule has 15 heavy (non-hydrogen) atoms. The zero-order chi connectivity index (χ0) is 11.5. The lowest BCUT2D eigenvalue weighted by Gasteiger charge is -2.17. The van der Waals surface area contributed by atoms with Gasteiger partial charge in [0, 0.05) is 10.7 Å². The lowest BCUT2D eigenvalue weighted by molar-refractivity contribution is 0.562. The van der Waals surface area contributed by atoms with Crippen molar-refractivity contribution in [3.8, 4) is 0 Å². The summed E-state index contributed by atoms with van der Waals surface area (Å²) in [6.07, 6.45) is 3.21. The van der Waals surface area contributed by atoms with E-state index >= 15 is 0 Å². The van der Waals surface area contributed by atoms with E-state index in [0.717, 1.165) is 4.47 Å². The molecule has 0 aliphatic carbocycles. The van der Waals surface area contributed by atoms with Crippen LogP contribution in [0.15, 0.2) is 27.2 Å². The molecule has 3 nitrogen and oxygen atoms in total. The minimum Gasteiger partial charge on any atom is -0.591 e. The van der Waals surface area contributed by atoms with Crippen molar-refractivity contribution in [2.75, 3.05) is 0 Å². The maximum absolute atomic E-state index is 11.6. The summed E-state index contributed by atoms with van der Waals surface area (Å²) >= 11 is 2.11. The Balaban J connectivity index is 2.79. The zero-order valence-electron chi connectivity index (χ0n) is 8.90. The molecule has 0 amide bonds. The highest BCUT2D eigenvalue weighted by Gasteiger charge is 2.25. The largest absolute Gasteiger partial charge is 0.591 e. The molecule has 1 aromatic rings. The average molecular weight is 289 g/mol. The van der Waals surface area contributed by atoms with Crippen molar-refractivity contribution in [2.24, 2.45) is 4.40 Å². The third kappa shape index (κ3) is 3.93. The minimum absolute atomic E-state index is 0.336. The van der Waals surface area contributed by atoms with Gasteiger partial charge in [-0.15, -0.1) is 0 Å².